The fourth-order valence-electron chi connectivity index (χ4n) is 2.48. The van der Waals surface area contributed by atoms with Gasteiger partial charge in [-0.3, -0.25) is 9.09 Å². The second-order valence-corrected chi connectivity index (χ2v) is 8.30. The molecule has 0 aromatic carbocycles. The third kappa shape index (κ3) is 5.43. The molecule has 3 heterocycles. The summed E-state index contributed by atoms with van der Waals surface area (Å²) in [5.74, 6) is 0.0856. The predicted octanol–water partition coefficient (Wildman–Crippen LogP) is -4.63. The van der Waals surface area contributed by atoms with Crippen LogP contribution in [0.5, 0.6) is 0 Å². The molecule has 0 saturated carbocycles. The van der Waals surface area contributed by atoms with E-state index in [1.165, 1.54) is 10.9 Å². The van der Waals surface area contributed by atoms with Gasteiger partial charge in [-0.1, -0.05) is 0 Å². The molecule has 0 bridgehead atoms. The number of hydrogen-bond donors (Lipinski definition) is 6. The van der Waals surface area contributed by atoms with Gasteiger partial charge in [0.05, 0.1) is 12.9 Å². The molecule has 18 heteroatoms. The second kappa shape index (κ2) is 9.09. The predicted molar refractivity (Wildman–Crippen MR) is 85.7 cm³/mol. The molecule has 0 amide bonds. The number of anilines is 1. The molecule has 5 atom stereocenters. The Labute approximate surface area is 200 Å². The Hall–Kier alpha value is 0.126. The molecule has 0 radical (unpaired) electrons. The van der Waals surface area contributed by atoms with Crippen molar-refractivity contribution < 1.29 is 100 Å². The standard InChI is InChI=1S/C10H15N5O10P2.K.H/c11-8-5-9(13-2-12-8)15(3-14-5)10-7(17)6(16)4(24-10)1-23-27(21,22)25-26(18,19)20;;/h2-4,6-7,10,16-17H,1H2,(H,21,22)(H2,11,12,13)(H2,18,19,20);;/q;+1;-1/t4-,6-,7-,10-;;/m1../s1. The Morgan fingerprint density at radius 1 is 1.21 bits per heavy atom. The van der Waals surface area contributed by atoms with Gasteiger partial charge in [-0.25, -0.2) is 24.1 Å². The van der Waals surface area contributed by atoms with E-state index in [0.29, 0.717) is 0 Å². The molecule has 1 unspecified atom stereocenters. The van der Waals surface area contributed by atoms with E-state index in [0.717, 1.165) is 6.33 Å². The Morgan fingerprint density at radius 2 is 1.89 bits per heavy atom. The van der Waals surface area contributed by atoms with Gasteiger partial charge in [0.25, 0.3) is 0 Å². The summed E-state index contributed by atoms with van der Waals surface area (Å²) in [7, 11) is -10.4. The zero-order valence-corrected chi connectivity index (χ0v) is 19.1. The van der Waals surface area contributed by atoms with E-state index in [-0.39, 0.29) is 69.8 Å². The molecule has 0 spiro atoms. The number of rotatable bonds is 6. The quantitative estimate of drug-likeness (QED) is 0.173. The van der Waals surface area contributed by atoms with Crippen molar-refractivity contribution in [2.45, 2.75) is 24.5 Å². The van der Waals surface area contributed by atoms with Crippen molar-refractivity contribution in [2.24, 2.45) is 0 Å². The van der Waals surface area contributed by atoms with Gasteiger partial charge in [0.1, 0.15) is 30.2 Å². The third-order valence-corrected chi connectivity index (χ3v) is 5.76. The number of nitrogens with two attached hydrogens (primary N) is 1. The average molecular weight is 467 g/mol. The zero-order valence-electron chi connectivity index (χ0n) is 15.2. The van der Waals surface area contributed by atoms with Crippen LogP contribution in [-0.4, -0.2) is 69.3 Å². The molecular weight excluding hydrogens is 451 g/mol. The molecule has 1 aliphatic heterocycles. The Morgan fingerprint density at radius 3 is 2.54 bits per heavy atom. The van der Waals surface area contributed by atoms with E-state index < -0.39 is 46.8 Å². The topological polar surface area (TPSA) is 233 Å². The van der Waals surface area contributed by atoms with Gasteiger partial charge in [0, 0.05) is 0 Å². The Bertz CT molecular complexity index is 945. The van der Waals surface area contributed by atoms with E-state index in [4.69, 9.17) is 20.3 Å². The first-order valence-corrected chi connectivity index (χ1v) is 10.2. The van der Waals surface area contributed by atoms with Crippen LogP contribution in [0.1, 0.15) is 7.65 Å². The van der Waals surface area contributed by atoms with E-state index in [1.807, 2.05) is 0 Å². The number of hydrogen-bond acceptors (Lipinski definition) is 11. The van der Waals surface area contributed by atoms with E-state index in [1.54, 1.807) is 0 Å². The van der Waals surface area contributed by atoms with E-state index in [9.17, 15) is 24.2 Å². The molecule has 28 heavy (non-hydrogen) atoms. The maximum atomic E-state index is 11.5. The second-order valence-electron chi connectivity index (χ2n) is 5.47. The summed E-state index contributed by atoms with van der Waals surface area (Å²) in [5, 5.41) is 20.3. The molecule has 7 N–H and O–H groups in total. The van der Waals surface area contributed by atoms with Crippen molar-refractivity contribution in [3.63, 3.8) is 0 Å². The van der Waals surface area contributed by atoms with Crippen LogP contribution in [0.4, 0.5) is 5.82 Å². The molecule has 1 fully saturated rings. The van der Waals surface area contributed by atoms with Gasteiger partial charge in [0.2, 0.25) is 0 Å². The van der Waals surface area contributed by atoms with E-state index >= 15 is 0 Å². The average Bonchev–Trinajstić information content (AvgIpc) is 3.07. The van der Waals surface area contributed by atoms with Crippen molar-refractivity contribution in [1.29, 1.82) is 0 Å². The summed E-state index contributed by atoms with van der Waals surface area (Å²) in [6.45, 7) is -0.813. The van der Waals surface area contributed by atoms with Crippen LogP contribution < -0.4 is 57.1 Å². The number of phosphoric acid groups is 2. The largest absolute Gasteiger partial charge is 1.00 e. The molecule has 15 nitrogen and oxygen atoms in total. The molecule has 1 aliphatic rings. The summed E-state index contributed by atoms with van der Waals surface area (Å²) in [6, 6.07) is 0. The molecular formula is C10H16KN5O10P2. The van der Waals surface area contributed by atoms with Crippen LogP contribution in [0.25, 0.3) is 11.2 Å². The molecule has 152 valence electrons. The monoisotopic (exact) mass is 467 g/mol. The van der Waals surface area contributed by atoms with Gasteiger partial charge in [-0.05, 0) is 0 Å². The minimum Gasteiger partial charge on any atom is -1.00 e. The van der Waals surface area contributed by atoms with E-state index in [2.05, 4.69) is 23.8 Å². The van der Waals surface area contributed by atoms with Crippen LogP contribution in [-0.2, 0) is 22.7 Å². The Balaban J connectivity index is 0.00000210. The number of nitrogens with zero attached hydrogens (tertiary/aromatic N) is 4. The molecule has 1 saturated heterocycles. The Kier molecular flexibility index (Phi) is 7.92. The number of aromatic nitrogens is 4. The maximum Gasteiger partial charge on any atom is 1.00 e. The summed E-state index contributed by atoms with van der Waals surface area (Å²) in [4.78, 5) is 38.1. The first-order valence-electron chi connectivity index (χ1n) is 7.17. The van der Waals surface area contributed by atoms with Crippen LogP contribution >= 0.6 is 15.6 Å². The first kappa shape index (κ1) is 24.4. The van der Waals surface area contributed by atoms with Crippen LogP contribution in [0.2, 0.25) is 0 Å². The fraction of sp³-hybridized carbons (Fsp3) is 0.500. The molecule has 0 aliphatic carbocycles. The van der Waals surface area contributed by atoms with Crippen molar-refractivity contribution in [2.75, 3.05) is 12.3 Å². The summed E-state index contributed by atoms with van der Waals surface area (Å²) < 4.78 is 36.8. The number of phosphoric ester groups is 1. The molecule has 2 aromatic rings. The van der Waals surface area contributed by atoms with Crippen molar-refractivity contribution >= 4 is 32.6 Å². The fourth-order valence-corrected chi connectivity index (χ4v) is 4.08. The number of imidazole rings is 1. The van der Waals surface area contributed by atoms with Crippen LogP contribution in [0.3, 0.4) is 0 Å². The van der Waals surface area contributed by atoms with Crippen LogP contribution in [0.15, 0.2) is 12.7 Å². The first-order chi connectivity index (χ1) is 12.5. The summed E-state index contributed by atoms with van der Waals surface area (Å²) in [6.07, 6.45) is -3.20. The minimum atomic E-state index is -5.29. The SMILES string of the molecule is Nc1ncnc2c1ncn2[C@@H]1O[C@H](COP(=O)(O)OP(=O)(O)O)[C@@H](O)[C@H]1O.[H-].[K+]. The van der Waals surface area contributed by atoms with Gasteiger partial charge in [-0.2, -0.15) is 4.31 Å². The van der Waals surface area contributed by atoms with Crippen LogP contribution in [0, 0.1) is 0 Å². The number of ether oxygens (including phenoxy) is 1. The smallest absolute Gasteiger partial charge is 1.00 e. The van der Waals surface area contributed by atoms with Gasteiger partial charge >= 0.3 is 67.0 Å². The number of aliphatic hydroxyl groups is 2. The zero-order chi connectivity index (χ0) is 20.0. The third-order valence-electron chi connectivity index (χ3n) is 3.61. The normalized spacial score (nSPS) is 27.5. The van der Waals surface area contributed by atoms with Gasteiger partial charge < -0.3 is 36.8 Å². The van der Waals surface area contributed by atoms with Crippen molar-refractivity contribution in [3.05, 3.63) is 12.7 Å². The maximum absolute atomic E-state index is 11.5. The number of nitrogen functional groups attached to an aromatic ring is 1. The molecule has 2 aromatic heterocycles. The van der Waals surface area contributed by atoms with Crippen molar-refractivity contribution in [1.82, 2.24) is 19.5 Å². The molecule has 3 rings (SSSR count). The number of aliphatic hydroxyl groups excluding tert-OH is 2. The summed E-state index contributed by atoms with van der Waals surface area (Å²) >= 11 is 0. The van der Waals surface area contributed by atoms with Crippen molar-refractivity contribution in [3.8, 4) is 0 Å². The van der Waals surface area contributed by atoms with Gasteiger partial charge in [0.15, 0.2) is 17.7 Å². The number of fused-ring (bicyclic) bond motifs is 1. The minimum absolute atomic E-state index is 0. The summed E-state index contributed by atoms with van der Waals surface area (Å²) in [5.41, 5.74) is 6.11. The van der Waals surface area contributed by atoms with Gasteiger partial charge in [-0.15, -0.1) is 0 Å².